The highest BCUT2D eigenvalue weighted by atomic mass is 79.9. The third kappa shape index (κ3) is 7.03. The smallest absolute Gasteiger partial charge is 0.294 e. The van der Waals surface area contributed by atoms with Gasteiger partial charge in [-0.3, -0.25) is 24.1 Å². The molecule has 3 aromatic carbocycles. The average molecular weight is 615 g/mol. The van der Waals surface area contributed by atoms with E-state index in [2.05, 4.69) is 26.6 Å². The highest BCUT2D eigenvalue weighted by Crippen LogP contribution is 2.34. The summed E-state index contributed by atoms with van der Waals surface area (Å²) in [5.74, 6) is -0.988. The molecule has 0 radical (unpaired) electrons. The van der Waals surface area contributed by atoms with Crippen LogP contribution in [0, 0.1) is 6.92 Å². The fourth-order valence-electron chi connectivity index (χ4n) is 3.38. The molecule has 4 amide bonds. The van der Waals surface area contributed by atoms with Gasteiger partial charge in [0.1, 0.15) is 12.3 Å². The number of amides is 4. The minimum Gasteiger partial charge on any atom is -0.483 e. The maximum Gasteiger partial charge on any atom is 0.294 e. The van der Waals surface area contributed by atoms with Crippen LogP contribution in [0.1, 0.15) is 11.1 Å². The topological polar surface area (TPSA) is 105 Å². The summed E-state index contributed by atoms with van der Waals surface area (Å²) < 4.78 is 6.17. The molecule has 0 unspecified atom stereocenters. The Kier molecular flexibility index (Phi) is 8.88. The number of rotatable bonds is 8. The number of aryl methyl sites for hydroxylation is 1. The van der Waals surface area contributed by atoms with Crippen molar-refractivity contribution in [1.29, 1.82) is 0 Å². The molecule has 0 aliphatic carbocycles. The van der Waals surface area contributed by atoms with E-state index in [9.17, 15) is 19.2 Å². The maximum absolute atomic E-state index is 12.8. The van der Waals surface area contributed by atoms with Crippen molar-refractivity contribution in [3.8, 4) is 5.75 Å². The number of para-hydroxylation sites is 1. The lowest BCUT2D eigenvalue weighted by molar-refractivity contribution is -0.127. The molecule has 1 heterocycles. The van der Waals surface area contributed by atoms with E-state index in [4.69, 9.17) is 16.3 Å². The van der Waals surface area contributed by atoms with Gasteiger partial charge in [-0.15, -0.1) is 0 Å². The van der Waals surface area contributed by atoms with Crippen molar-refractivity contribution < 1.29 is 23.9 Å². The molecular weight excluding hydrogens is 594 g/mol. The summed E-state index contributed by atoms with van der Waals surface area (Å²) in [5.41, 5.74) is 2.78. The molecule has 11 heteroatoms. The van der Waals surface area contributed by atoms with Crippen LogP contribution in [0.2, 0.25) is 5.02 Å². The molecule has 1 aliphatic rings. The number of carbonyl (C=O) groups excluding carboxylic acids is 4. The van der Waals surface area contributed by atoms with E-state index in [0.717, 1.165) is 22.2 Å². The Morgan fingerprint density at radius 2 is 1.76 bits per heavy atom. The number of ether oxygens (including phenoxy) is 1. The first-order valence-electron chi connectivity index (χ1n) is 11.3. The lowest BCUT2D eigenvalue weighted by Gasteiger charge is -2.13. The summed E-state index contributed by atoms with van der Waals surface area (Å²) in [4.78, 5) is 50.9. The standard InChI is InChI=1S/C27H21BrClN3O5S/c1-16-6-9-18(10-7-16)30-25(34)15-37-22-11-8-17(12-19(22)28)13-23-26(35)32(27(36)38-23)14-24(33)31-21-5-3-2-4-20(21)29/h2-13H,14-15H2,1H3,(H,30,34)(H,31,33)/b23-13+. The van der Waals surface area contributed by atoms with E-state index in [-0.39, 0.29) is 17.4 Å². The third-order valence-corrected chi connectivity index (χ3v) is 7.13. The summed E-state index contributed by atoms with van der Waals surface area (Å²) in [6.07, 6.45) is 1.55. The van der Waals surface area contributed by atoms with Crippen LogP contribution in [-0.4, -0.2) is 41.0 Å². The van der Waals surface area contributed by atoms with Crippen molar-refractivity contribution in [3.05, 3.63) is 92.3 Å². The van der Waals surface area contributed by atoms with Gasteiger partial charge in [-0.1, -0.05) is 47.5 Å². The van der Waals surface area contributed by atoms with E-state index in [1.165, 1.54) is 0 Å². The number of carbonyl (C=O) groups is 4. The zero-order valence-corrected chi connectivity index (χ0v) is 23.2. The van der Waals surface area contributed by atoms with E-state index >= 15 is 0 Å². The first-order chi connectivity index (χ1) is 18.2. The Morgan fingerprint density at radius 1 is 1.03 bits per heavy atom. The van der Waals surface area contributed by atoms with Crippen LogP contribution in [0.15, 0.2) is 76.1 Å². The minimum atomic E-state index is -0.571. The second-order valence-corrected chi connectivity index (χ2v) is 10.4. The predicted octanol–water partition coefficient (Wildman–Crippen LogP) is 6.10. The highest BCUT2D eigenvalue weighted by molar-refractivity contribution is 9.10. The number of anilines is 2. The zero-order chi connectivity index (χ0) is 27.2. The van der Waals surface area contributed by atoms with Crippen LogP contribution in [0.25, 0.3) is 6.08 Å². The summed E-state index contributed by atoms with van der Waals surface area (Å²) in [7, 11) is 0. The maximum atomic E-state index is 12.8. The molecule has 4 rings (SSSR count). The van der Waals surface area contributed by atoms with E-state index < -0.39 is 23.6 Å². The summed E-state index contributed by atoms with van der Waals surface area (Å²) >= 11 is 10.2. The van der Waals surface area contributed by atoms with Gasteiger partial charge in [-0.05, 0) is 82.7 Å². The molecule has 3 aromatic rings. The van der Waals surface area contributed by atoms with Crippen molar-refractivity contribution in [2.24, 2.45) is 0 Å². The number of halogens is 2. The van der Waals surface area contributed by atoms with Gasteiger partial charge in [0.25, 0.3) is 17.1 Å². The van der Waals surface area contributed by atoms with Crippen molar-refractivity contribution in [2.45, 2.75) is 6.92 Å². The fourth-order valence-corrected chi connectivity index (χ4v) is 4.92. The van der Waals surface area contributed by atoms with Gasteiger partial charge >= 0.3 is 0 Å². The Hall–Kier alpha value is -3.60. The van der Waals surface area contributed by atoms with Crippen molar-refractivity contribution in [2.75, 3.05) is 23.8 Å². The number of imide groups is 1. The first kappa shape index (κ1) is 27.4. The zero-order valence-electron chi connectivity index (χ0n) is 20.0. The largest absolute Gasteiger partial charge is 0.483 e. The van der Waals surface area contributed by atoms with Gasteiger partial charge in [0, 0.05) is 5.69 Å². The monoisotopic (exact) mass is 613 g/mol. The predicted molar refractivity (Wildman–Crippen MR) is 152 cm³/mol. The molecule has 8 nitrogen and oxygen atoms in total. The van der Waals surface area contributed by atoms with Crippen LogP contribution >= 0.6 is 39.3 Å². The molecule has 1 fully saturated rings. The number of nitrogens with one attached hydrogen (secondary N) is 2. The van der Waals surface area contributed by atoms with E-state index in [0.29, 0.717) is 32.2 Å². The molecule has 38 heavy (non-hydrogen) atoms. The first-order valence-corrected chi connectivity index (χ1v) is 13.3. The van der Waals surface area contributed by atoms with Crippen molar-refractivity contribution in [3.63, 3.8) is 0 Å². The van der Waals surface area contributed by atoms with E-state index in [1.807, 2.05) is 31.2 Å². The van der Waals surface area contributed by atoms with Gasteiger partial charge in [0.05, 0.1) is 20.1 Å². The van der Waals surface area contributed by atoms with Crippen LogP contribution in [0.4, 0.5) is 16.2 Å². The van der Waals surface area contributed by atoms with Gasteiger partial charge in [0.2, 0.25) is 5.91 Å². The fraction of sp³-hybridized carbons (Fsp3) is 0.111. The number of benzene rings is 3. The Balaban J connectivity index is 1.35. The number of hydrogen-bond acceptors (Lipinski definition) is 6. The lowest BCUT2D eigenvalue weighted by atomic mass is 10.2. The number of hydrogen-bond donors (Lipinski definition) is 2. The molecule has 2 N–H and O–H groups in total. The highest BCUT2D eigenvalue weighted by Gasteiger charge is 2.36. The van der Waals surface area contributed by atoms with Crippen molar-refractivity contribution >= 4 is 79.7 Å². The average Bonchev–Trinajstić information content (AvgIpc) is 3.13. The second-order valence-electron chi connectivity index (χ2n) is 8.19. The molecule has 0 bridgehead atoms. The van der Waals surface area contributed by atoms with Gasteiger partial charge in [-0.2, -0.15) is 0 Å². The Bertz CT molecular complexity index is 1440. The SMILES string of the molecule is Cc1ccc(NC(=O)COc2ccc(/C=C3/SC(=O)N(CC(=O)Nc4ccccc4Cl)C3=O)cc2Br)cc1. The van der Waals surface area contributed by atoms with E-state index in [1.54, 1.807) is 48.5 Å². The van der Waals surface area contributed by atoms with Gasteiger partial charge < -0.3 is 15.4 Å². The second kappa shape index (κ2) is 12.3. The van der Waals surface area contributed by atoms with Gasteiger partial charge in [-0.25, -0.2) is 0 Å². The van der Waals surface area contributed by atoms with Crippen LogP contribution < -0.4 is 15.4 Å². The summed E-state index contributed by atoms with van der Waals surface area (Å²) in [5, 5.41) is 5.16. The quantitative estimate of drug-likeness (QED) is 0.297. The molecule has 0 aromatic heterocycles. The third-order valence-electron chi connectivity index (χ3n) is 5.27. The summed E-state index contributed by atoms with van der Waals surface area (Å²) in [6.45, 7) is 1.33. The molecule has 0 atom stereocenters. The number of nitrogens with zero attached hydrogens (tertiary/aromatic N) is 1. The molecule has 0 saturated carbocycles. The molecular formula is C27H21BrClN3O5S. The van der Waals surface area contributed by atoms with Crippen LogP contribution in [0.5, 0.6) is 5.75 Å². The summed E-state index contributed by atoms with van der Waals surface area (Å²) in [6, 6.07) is 19.1. The van der Waals surface area contributed by atoms with Crippen molar-refractivity contribution in [1.82, 2.24) is 4.90 Å². The molecule has 194 valence electrons. The molecule has 0 spiro atoms. The Morgan fingerprint density at radius 3 is 2.47 bits per heavy atom. The number of thioether (sulfide) groups is 1. The molecule has 1 saturated heterocycles. The minimum absolute atomic E-state index is 0.179. The van der Waals surface area contributed by atoms with Gasteiger partial charge in [0.15, 0.2) is 6.61 Å². The normalized spacial score (nSPS) is 14.1. The lowest BCUT2D eigenvalue weighted by Crippen LogP contribution is -2.36. The molecule has 1 aliphatic heterocycles. The van der Waals surface area contributed by atoms with Crippen LogP contribution in [0.3, 0.4) is 0 Å². The Labute approximate surface area is 236 Å². The van der Waals surface area contributed by atoms with Crippen LogP contribution in [-0.2, 0) is 14.4 Å².